The van der Waals surface area contributed by atoms with Crippen LogP contribution in [0.25, 0.3) is 0 Å². The fourth-order valence-electron chi connectivity index (χ4n) is 2.02. The van der Waals surface area contributed by atoms with Crippen LogP contribution in [0.15, 0.2) is 48.5 Å². The Morgan fingerprint density at radius 3 is 2.05 bits per heavy atom. The summed E-state index contributed by atoms with van der Waals surface area (Å²) in [6, 6.07) is 15.4. The lowest BCUT2D eigenvalue weighted by Gasteiger charge is -2.17. The van der Waals surface area contributed by atoms with Crippen molar-refractivity contribution in [2.24, 2.45) is 0 Å². The van der Waals surface area contributed by atoms with E-state index in [1.54, 1.807) is 48.5 Å². The minimum Gasteiger partial charge on any atom is -0.478 e. The highest BCUT2D eigenvalue weighted by Crippen LogP contribution is 2.23. The Bertz CT molecular complexity index is 724. The lowest BCUT2D eigenvalue weighted by Crippen LogP contribution is -2.16. The number of nitrogens with zero attached hydrogens (tertiary/aromatic N) is 1. The van der Waals surface area contributed by atoms with E-state index >= 15 is 0 Å². The van der Waals surface area contributed by atoms with E-state index in [1.165, 1.54) is 13.8 Å². The van der Waals surface area contributed by atoms with Crippen molar-refractivity contribution in [3.8, 4) is 11.8 Å². The zero-order chi connectivity index (χ0) is 16.1. The van der Waals surface area contributed by atoms with E-state index in [4.69, 9.17) is 10.00 Å². The average Bonchev–Trinajstić information content (AvgIpc) is 2.53. The van der Waals surface area contributed by atoms with Crippen molar-refractivity contribution in [3.05, 3.63) is 65.2 Å². The van der Waals surface area contributed by atoms with Crippen molar-refractivity contribution >= 4 is 11.6 Å². The molecule has 0 aliphatic rings. The first-order chi connectivity index (χ1) is 10.5. The highest BCUT2D eigenvalue weighted by atomic mass is 16.5. The lowest BCUT2D eigenvalue weighted by atomic mass is 10.0. The van der Waals surface area contributed by atoms with Gasteiger partial charge in [-0.2, -0.15) is 5.26 Å². The molecule has 4 nitrogen and oxygen atoms in total. The standard InChI is InChI=1S/C18H15NO3/c1-12(20)15-5-7-16(8-6-15)18(13(2)21)22-17-9-3-14(11-19)4-10-17/h3-10,18H,1-2H3. The fraction of sp³-hybridized carbons (Fsp3) is 0.167. The molecule has 0 aliphatic carbocycles. The number of ether oxygens (including phenoxy) is 1. The minimum absolute atomic E-state index is 0.0288. The van der Waals surface area contributed by atoms with E-state index in [1.807, 2.05) is 6.07 Å². The number of Topliss-reactive ketones (excluding diaryl/α,β-unsaturated/α-hetero) is 2. The Balaban J connectivity index is 2.24. The molecular weight excluding hydrogens is 278 g/mol. The Labute approximate surface area is 129 Å². The molecule has 0 spiro atoms. The molecule has 2 rings (SSSR count). The predicted molar refractivity (Wildman–Crippen MR) is 81.7 cm³/mol. The number of benzene rings is 2. The molecule has 22 heavy (non-hydrogen) atoms. The summed E-state index contributed by atoms with van der Waals surface area (Å²) in [6.07, 6.45) is -0.742. The van der Waals surface area contributed by atoms with E-state index in [-0.39, 0.29) is 11.6 Å². The number of hydrogen-bond acceptors (Lipinski definition) is 4. The second-order valence-corrected chi connectivity index (χ2v) is 4.92. The van der Waals surface area contributed by atoms with E-state index in [0.29, 0.717) is 22.4 Å². The maximum Gasteiger partial charge on any atom is 0.181 e. The van der Waals surface area contributed by atoms with Crippen molar-refractivity contribution < 1.29 is 14.3 Å². The molecule has 0 N–H and O–H groups in total. The van der Waals surface area contributed by atoms with Gasteiger partial charge >= 0.3 is 0 Å². The first-order valence-corrected chi connectivity index (χ1v) is 6.79. The molecule has 2 aromatic rings. The largest absolute Gasteiger partial charge is 0.478 e. The lowest BCUT2D eigenvalue weighted by molar-refractivity contribution is -0.123. The normalized spacial score (nSPS) is 11.3. The van der Waals surface area contributed by atoms with Crippen molar-refractivity contribution in [1.29, 1.82) is 5.26 Å². The Hall–Kier alpha value is -2.93. The molecule has 0 fully saturated rings. The molecule has 0 heterocycles. The number of rotatable bonds is 5. The predicted octanol–water partition coefficient (Wildman–Crippen LogP) is 3.47. The van der Waals surface area contributed by atoms with Crippen molar-refractivity contribution in [3.63, 3.8) is 0 Å². The number of hydrogen-bond donors (Lipinski definition) is 0. The van der Waals surface area contributed by atoms with Crippen LogP contribution in [0.3, 0.4) is 0 Å². The molecule has 0 saturated heterocycles. The molecule has 4 heteroatoms. The molecule has 2 aromatic carbocycles. The number of nitriles is 1. The summed E-state index contributed by atoms with van der Waals surface area (Å²) in [4.78, 5) is 23.1. The SMILES string of the molecule is CC(=O)c1ccc(C(Oc2ccc(C#N)cc2)C(C)=O)cc1. The number of carbonyl (C=O) groups is 2. The van der Waals surface area contributed by atoms with Gasteiger partial charge in [0, 0.05) is 5.56 Å². The van der Waals surface area contributed by atoms with Crippen molar-refractivity contribution in [1.82, 2.24) is 0 Å². The van der Waals surface area contributed by atoms with E-state index in [9.17, 15) is 9.59 Å². The molecular formula is C18H15NO3. The number of ketones is 2. The van der Waals surface area contributed by atoms with Gasteiger partial charge in [0.2, 0.25) is 0 Å². The summed E-state index contributed by atoms with van der Waals surface area (Å²) in [5, 5.41) is 8.77. The van der Waals surface area contributed by atoms with Crippen LogP contribution in [0, 0.1) is 11.3 Å². The van der Waals surface area contributed by atoms with Gasteiger partial charge in [0.05, 0.1) is 11.6 Å². The third-order valence-corrected chi connectivity index (χ3v) is 3.23. The second-order valence-electron chi connectivity index (χ2n) is 4.92. The molecule has 110 valence electrons. The van der Waals surface area contributed by atoms with Crippen LogP contribution in [-0.2, 0) is 4.79 Å². The molecule has 0 aliphatic heterocycles. The summed E-state index contributed by atoms with van der Waals surface area (Å²) >= 11 is 0. The zero-order valence-corrected chi connectivity index (χ0v) is 12.4. The number of carbonyl (C=O) groups excluding carboxylic acids is 2. The summed E-state index contributed by atoms with van der Waals surface area (Å²) in [5.41, 5.74) is 1.80. The molecule has 0 bridgehead atoms. The first kappa shape index (κ1) is 15.5. The Kier molecular flexibility index (Phi) is 4.70. The topological polar surface area (TPSA) is 67.2 Å². The second kappa shape index (κ2) is 6.68. The first-order valence-electron chi connectivity index (χ1n) is 6.79. The summed E-state index contributed by atoms with van der Waals surface area (Å²) in [5.74, 6) is 0.341. The molecule has 0 radical (unpaired) electrons. The van der Waals surface area contributed by atoms with Gasteiger partial charge in [-0.15, -0.1) is 0 Å². The highest BCUT2D eigenvalue weighted by Gasteiger charge is 2.19. The molecule has 0 saturated carbocycles. The molecule has 0 aromatic heterocycles. The van der Waals surface area contributed by atoms with Crippen LogP contribution in [0.4, 0.5) is 0 Å². The average molecular weight is 293 g/mol. The Morgan fingerprint density at radius 1 is 1.00 bits per heavy atom. The smallest absolute Gasteiger partial charge is 0.181 e. The van der Waals surface area contributed by atoms with Crippen LogP contribution in [0.5, 0.6) is 5.75 Å². The van der Waals surface area contributed by atoms with Gasteiger partial charge in [0.1, 0.15) is 5.75 Å². The van der Waals surface area contributed by atoms with E-state index in [2.05, 4.69) is 0 Å². The Morgan fingerprint density at radius 2 is 1.59 bits per heavy atom. The maximum absolute atomic E-state index is 11.8. The fourth-order valence-corrected chi connectivity index (χ4v) is 2.02. The summed E-state index contributed by atoms with van der Waals surface area (Å²) < 4.78 is 5.72. The van der Waals surface area contributed by atoms with Gasteiger partial charge < -0.3 is 4.74 Å². The highest BCUT2D eigenvalue weighted by molar-refractivity contribution is 5.94. The van der Waals surface area contributed by atoms with Gasteiger partial charge in [-0.05, 0) is 43.7 Å². The third kappa shape index (κ3) is 3.58. The van der Waals surface area contributed by atoms with Crippen LogP contribution in [0.2, 0.25) is 0 Å². The van der Waals surface area contributed by atoms with Gasteiger partial charge in [0.15, 0.2) is 17.7 Å². The van der Waals surface area contributed by atoms with Gasteiger partial charge in [-0.3, -0.25) is 9.59 Å². The van der Waals surface area contributed by atoms with Crippen LogP contribution in [-0.4, -0.2) is 11.6 Å². The van der Waals surface area contributed by atoms with Crippen LogP contribution < -0.4 is 4.74 Å². The third-order valence-electron chi connectivity index (χ3n) is 3.23. The monoisotopic (exact) mass is 293 g/mol. The van der Waals surface area contributed by atoms with Crippen molar-refractivity contribution in [2.75, 3.05) is 0 Å². The van der Waals surface area contributed by atoms with Crippen molar-refractivity contribution in [2.45, 2.75) is 20.0 Å². The quantitative estimate of drug-likeness (QED) is 0.792. The van der Waals surface area contributed by atoms with Gasteiger partial charge in [-0.1, -0.05) is 24.3 Å². The molecule has 0 amide bonds. The molecule has 1 atom stereocenters. The zero-order valence-electron chi connectivity index (χ0n) is 12.4. The van der Waals surface area contributed by atoms with Gasteiger partial charge in [-0.25, -0.2) is 0 Å². The minimum atomic E-state index is -0.742. The van der Waals surface area contributed by atoms with Gasteiger partial charge in [0.25, 0.3) is 0 Å². The maximum atomic E-state index is 11.8. The summed E-state index contributed by atoms with van der Waals surface area (Å²) in [7, 11) is 0. The van der Waals surface area contributed by atoms with Crippen LogP contribution in [0.1, 0.15) is 41.4 Å². The van der Waals surface area contributed by atoms with Crippen LogP contribution >= 0.6 is 0 Å². The van der Waals surface area contributed by atoms with E-state index in [0.717, 1.165) is 0 Å². The molecule has 1 unspecified atom stereocenters. The summed E-state index contributed by atoms with van der Waals surface area (Å²) in [6.45, 7) is 2.94. The van der Waals surface area contributed by atoms with E-state index < -0.39 is 6.10 Å².